The van der Waals surface area contributed by atoms with Gasteiger partial charge in [-0.2, -0.15) is 0 Å². The Morgan fingerprint density at radius 1 is 1.08 bits per heavy atom. The van der Waals surface area contributed by atoms with Crippen LogP contribution in [0, 0.1) is 11.6 Å². The summed E-state index contributed by atoms with van der Waals surface area (Å²) in [5, 5.41) is 5.11. The van der Waals surface area contributed by atoms with Crippen LogP contribution in [0.4, 0.5) is 8.78 Å². The Hall–Kier alpha value is -2.22. The topological polar surface area (TPSA) is 76.7 Å². The molecule has 0 saturated heterocycles. The van der Waals surface area contributed by atoms with Gasteiger partial charge in [-0.3, -0.25) is 9.59 Å². The van der Waals surface area contributed by atoms with Crippen molar-refractivity contribution in [2.75, 3.05) is 13.2 Å². The number of rotatable bonds is 9. The molecule has 0 aromatic heterocycles. The molecule has 2 N–H and O–H groups in total. The number of carbonyl (C=O) groups is 2. The molecule has 0 fully saturated rings. The van der Waals surface area contributed by atoms with Crippen LogP contribution >= 0.6 is 0 Å². The average Bonchev–Trinajstić information content (AvgIpc) is 2.50. The zero-order valence-corrected chi connectivity index (χ0v) is 14.8. The zero-order chi connectivity index (χ0) is 19.0. The van der Waals surface area contributed by atoms with Crippen molar-refractivity contribution >= 4 is 11.8 Å². The summed E-state index contributed by atoms with van der Waals surface area (Å²) in [5.41, 5.74) is 0. The van der Waals surface area contributed by atoms with Crippen molar-refractivity contribution in [3.8, 4) is 5.75 Å². The van der Waals surface area contributed by atoms with Crippen LogP contribution in [0.3, 0.4) is 0 Å². The second-order valence-corrected chi connectivity index (χ2v) is 5.91. The molecule has 0 spiro atoms. The minimum atomic E-state index is -0.868. The quantitative estimate of drug-likeness (QED) is 0.705. The fraction of sp³-hybridized carbons (Fsp3) is 0.529. The highest BCUT2D eigenvalue weighted by Gasteiger charge is 2.22. The van der Waals surface area contributed by atoms with Gasteiger partial charge >= 0.3 is 0 Å². The van der Waals surface area contributed by atoms with Gasteiger partial charge in [0.1, 0.15) is 12.6 Å². The van der Waals surface area contributed by atoms with Crippen LogP contribution in [0.5, 0.6) is 5.75 Å². The second-order valence-electron chi connectivity index (χ2n) is 5.91. The van der Waals surface area contributed by atoms with Gasteiger partial charge in [0.25, 0.3) is 0 Å². The third-order valence-corrected chi connectivity index (χ3v) is 3.08. The van der Waals surface area contributed by atoms with E-state index in [4.69, 9.17) is 9.47 Å². The van der Waals surface area contributed by atoms with E-state index in [1.165, 1.54) is 13.0 Å². The Bertz CT molecular complexity index is 576. The van der Waals surface area contributed by atoms with Crippen LogP contribution in [-0.2, 0) is 14.3 Å². The van der Waals surface area contributed by atoms with Gasteiger partial charge in [0.2, 0.25) is 11.8 Å². The van der Waals surface area contributed by atoms with Gasteiger partial charge in [0.15, 0.2) is 17.4 Å². The summed E-state index contributed by atoms with van der Waals surface area (Å²) in [6.07, 6.45) is -0.103. The first-order valence-corrected chi connectivity index (χ1v) is 7.96. The molecular weight excluding hydrogens is 334 g/mol. The molecule has 0 radical (unpaired) electrons. The monoisotopic (exact) mass is 358 g/mol. The van der Waals surface area contributed by atoms with E-state index in [9.17, 15) is 18.4 Å². The average molecular weight is 358 g/mol. The first-order valence-electron chi connectivity index (χ1n) is 7.96. The predicted molar refractivity (Wildman–Crippen MR) is 88.2 cm³/mol. The lowest BCUT2D eigenvalue weighted by atomic mass is 10.2. The predicted octanol–water partition coefficient (Wildman–Crippen LogP) is 1.78. The Morgan fingerprint density at radius 2 is 1.68 bits per heavy atom. The Labute approximate surface area is 145 Å². The van der Waals surface area contributed by atoms with Gasteiger partial charge < -0.3 is 20.1 Å². The third-order valence-electron chi connectivity index (χ3n) is 3.08. The number of carbonyl (C=O) groups excluding carboxylic acids is 2. The molecule has 2 amide bonds. The lowest BCUT2D eigenvalue weighted by Crippen LogP contribution is -2.52. The summed E-state index contributed by atoms with van der Waals surface area (Å²) in [4.78, 5) is 23.5. The van der Waals surface area contributed by atoms with Crippen molar-refractivity contribution in [2.24, 2.45) is 0 Å². The molecule has 140 valence electrons. The van der Waals surface area contributed by atoms with Crippen molar-refractivity contribution < 1.29 is 27.8 Å². The molecule has 0 bridgehead atoms. The highest BCUT2D eigenvalue weighted by atomic mass is 19.1. The van der Waals surface area contributed by atoms with Crippen molar-refractivity contribution in [1.29, 1.82) is 0 Å². The van der Waals surface area contributed by atoms with Crippen LogP contribution in [-0.4, -0.2) is 43.2 Å². The van der Waals surface area contributed by atoms with E-state index in [-0.39, 0.29) is 25.2 Å². The minimum absolute atomic E-state index is 0.0125. The first-order chi connectivity index (χ1) is 11.7. The third kappa shape index (κ3) is 7.47. The molecule has 6 nitrogen and oxygen atoms in total. The van der Waals surface area contributed by atoms with E-state index >= 15 is 0 Å². The molecule has 0 aliphatic carbocycles. The van der Waals surface area contributed by atoms with Crippen molar-refractivity contribution in [3.05, 3.63) is 29.8 Å². The molecule has 1 aromatic carbocycles. The Morgan fingerprint density at radius 3 is 2.20 bits per heavy atom. The normalized spacial score (nSPS) is 13.2. The van der Waals surface area contributed by atoms with Crippen molar-refractivity contribution in [1.82, 2.24) is 10.6 Å². The van der Waals surface area contributed by atoms with E-state index in [1.807, 2.05) is 13.8 Å². The summed E-state index contributed by atoms with van der Waals surface area (Å²) < 4.78 is 37.5. The number of hydrogen-bond acceptors (Lipinski definition) is 4. The van der Waals surface area contributed by atoms with Gasteiger partial charge in [-0.25, -0.2) is 8.78 Å². The van der Waals surface area contributed by atoms with Crippen LogP contribution < -0.4 is 15.4 Å². The lowest BCUT2D eigenvalue weighted by Gasteiger charge is -2.22. The number of amides is 2. The molecule has 0 saturated carbocycles. The SMILES string of the molecule is CC(=O)NC(COC(C)C)C(=O)N[C@H](C)COc1c(F)cccc1F. The maximum absolute atomic E-state index is 13.5. The van der Waals surface area contributed by atoms with Crippen LogP contribution in [0.15, 0.2) is 18.2 Å². The van der Waals surface area contributed by atoms with Gasteiger partial charge in [-0.1, -0.05) is 6.07 Å². The van der Waals surface area contributed by atoms with Crippen LogP contribution in [0.1, 0.15) is 27.7 Å². The molecule has 1 aromatic rings. The fourth-order valence-electron chi connectivity index (χ4n) is 1.93. The number of para-hydroxylation sites is 1. The molecule has 0 aliphatic rings. The number of nitrogens with one attached hydrogen (secondary N) is 2. The maximum Gasteiger partial charge on any atom is 0.245 e. The summed E-state index contributed by atoms with van der Waals surface area (Å²) in [7, 11) is 0. The van der Waals surface area contributed by atoms with Gasteiger partial charge in [0.05, 0.1) is 18.8 Å². The molecule has 25 heavy (non-hydrogen) atoms. The van der Waals surface area contributed by atoms with Crippen LogP contribution in [0.2, 0.25) is 0 Å². The second kappa shape index (κ2) is 9.93. The van der Waals surface area contributed by atoms with E-state index in [0.29, 0.717) is 0 Å². The van der Waals surface area contributed by atoms with Gasteiger partial charge in [-0.05, 0) is 32.9 Å². The number of ether oxygens (including phenoxy) is 2. The molecule has 1 rings (SSSR count). The summed E-state index contributed by atoms with van der Waals surface area (Å²) in [6, 6.07) is 1.99. The number of halogens is 2. The molecule has 2 atom stereocenters. The highest BCUT2D eigenvalue weighted by molar-refractivity contribution is 5.87. The van der Waals surface area contributed by atoms with Crippen molar-refractivity contribution in [2.45, 2.75) is 45.9 Å². The maximum atomic E-state index is 13.5. The summed E-state index contributed by atoms with van der Waals surface area (Å²) >= 11 is 0. The van der Waals surface area contributed by atoms with Gasteiger partial charge in [-0.15, -0.1) is 0 Å². The van der Waals surface area contributed by atoms with E-state index < -0.39 is 35.4 Å². The van der Waals surface area contributed by atoms with Gasteiger partial charge in [0, 0.05) is 6.92 Å². The Balaban J connectivity index is 2.58. The van der Waals surface area contributed by atoms with Crippen molar-refractivity contribution in [3.63, 3.8) is 0 Å². The molecule has 8 heteroatoms. The summed E-state index contributed by atoms with van der Waals surface area (Å²) in [6.45, 7) is 6.40. The molecular formula is C17H24F2N2O4. The highest BCUT2D eigenvalue weighted by Crippen LogP contribution is 2.20. The van der Waals surface area contributed by atoms with E-state index in [1.54, 1.807) is 6.92 Å². The summed E-state index contributed by atoms with van der Waals surface area (Å²) in [5.74, 6) is -2.98. The number of hydrogen-bond donors (Lipinski definition) is 2. The molecule has 1 unspecified atom stereocenters. The van der Waals surface area contributed by atoms with E-state index in [2.05, 4.69) is 10.6 Å². The Kier molecular flexibility index (Phi) is 8.27. The standard InChI is InChI=1S/C17H24F2N2O4/c1-10(2)24-9-15(21-12(4)22)17(23)20-11(3)8-25-16-13(18)6-5-7-14(16)19/h5-7,10-11,15H,8-9H2,1-4H3,(H,20,23)(H,21,22)/t11-,15?/m1/s1. The molecule has 0 aliphatic heterocycles. The largest absolute Gasteiger partial charge is 0.485 e. The molecule has 0 heterocycles. The van der Waals surface area contributed by atoms with Crippen LogP contribution in [0.25, 0.3) is 0 Å². The zero-order valence-electron chi connectivity index (χ0n) is 14.8. The minimum Gasteiger partial charge on any atom is -0.485 e. The first kappa shape index (κ1) is 20.8. The fourth-order valence-corrected chi connectivity index (χ4v) is 1.93. The lowest BCUT2D eigenvalue weighted by molar-refractivity contribution is -0.130. The number of benzene rings is 1. The van der Waals surface area contributed by atoms with E-state index in [0.717, 1.165) is 12.1 Å². The smallest absolute Gasteiger partial charge is 0.245 e.